The Bertz CT molecular complexity index is 277. The zero-order chi connectivity index (χ0) is 14.0. The number of carboxylic acids is 3. The Morgan fingerprint density at radius 2 is 1.24 bits per heavy atom. The largest absolute Gasteiger partial charge is 0.481 e. The van der Waals surface area contributed by atoms with Gasteiger partial charge in [-0.05, 0) is 0 Å². The zero-order valence-electron chi connectivity index (χ0n) is 8.42. The second kappa shape index (κ2) is 9.27. The lowest BCUT2D eigenvalue weighted by Crippen LogP contribution is -2.27. The number of carboxylic acid groups (broad SMARTS) is 3. The second-order valence-electron chi connectivity index (χ2n) is 2.59. The third-order valence-corrected chi connectivity index (χ3v) is 1.10. The Morgan fingerprint density at radius 1 is 0.882 bits per heavy atom. The first-order chi connectivity index (χ1) is 7.66. The highest BCUT2D eigenvalue weighted by Crippen LogP contribution is 1.94. The molecule has 0 aliphatic rings. The first-order valence-corrected chi connectivity index (χ1v) is 4.06. The molecule has 17 heavy (non-hydrogen) atoms. The quantitative estimate of drug-likeness (QED) is 0.235. The van der Waals surface area contributed by atoms with Crippen LogP contribution in [0.3, 0.4) is 0 Å². The molecular formula is C8H12O9. The number of aliphatic hydroxyl groups is 3. The van der Waals surface area contributed by atoms with Crippen molar-refractivity contribution in [2.45, 2.75) is 18.8 Å². The second-order valence-corrected chi connectivity index (χ2v) is 2.59. The smallest absolute Gasteiger partial charge is 0.328 e. The molecule has 0 rings (SSSR count). The fourth-order valence-corrected chi connectivity index (χ4v) is 0.427. The van der Waals surface area contributed by atoms with Gasteiger partial charge in [0.1, 0.15) is 6.10 Å². The van der Waals surface area contributed by atoms with E-state index in [1.54, 1.807) is 0 Å². The third kappa shape index (κ3) is 16.7. The van der Waals surface area contributed by atoms with E-state index in [0.29, 0.717) is 12.2 Å². The van der Waals surface area contributed by atoms with Crippen molar-refractivity contribution in [2.24, 2.45) is 0 Å². The summed E-state index contributed by atoms with van der Waals surface area (Å²) in [6.07, 6.45) is -3.11. The van der Waals surface area contributed by atoms with Gasteiger partial charge in [-0.15, -0.1) is 0 Å². The van der Waals surface area contributed by atoms with E-state index in [1.807, 2.05) is 0 Å². The summed E-state index contributed by atoms with van der Waals surface area (Å²) in [5, 5.41) is 48.2. The van der Waals surface area contributed by atoms with Crippen molar-refractivity contribution in [3.8, 4) is 0 Å². The van der Waals surface area contributed by atoms with Crippen LogP contribution in [0.1, 0.15) is 6.42 Å². The molecule has 0 radical (unpaired) electrons. The SMILES string of the molecule is O=C(O)/C=C/C(=O)O.O=C(O)CC(O)C(O)O. The lowest BCUT2D eigenvalue weighted by atomic mass is 10.2. The summed E-state index contributed by atoms with van der Waals surface area (Å²) in [5.41, 5.74) is 0. The van der Waals surface area contributed by atoms with Crippen LogP contribution in [-0.4, -0.2) is 60.9 Å². The average Bonchev–Trinajstić information content (AvgIpc) is 2.14. The van der Waals surface area contributed by atoms with E-state index in [4.69, 9.17) is 30.6 Å². The molecule has 98 valence electrons. The van der Waals surface area contributed by atoms with Crippen LogP contribution in [-0.2, 0) is 14.4 Å². The van der Waals surface area contributed by atoms with Gasteiger partial charge < -0.3 is 30.6 Å². The first kappa shape index (κ1) is 17.4. The van der Waals surface area contributed by atoms with E-state index >= 15 is 0 Å². The van der Waals surface area contributed by atoms with E-state index in [9.17, 15) is 14.4 Å². The standard InChI is InChI=1S/C4H8O5.C4H4O4/c5-2(4(8)9)1-3(6)7;5-3(6)1-2-4(7)8/h2,4-5,8-9H,1H2,(H,6,7);1-2H,(H,5,6)(H,7,8)/b;2-1+. The molecule has 0 fully saturated rings. The third-order valence-electron chi connectivity index (χ3n) is 1.10. The predicted octanol–water partition coefficient (Wildman–Crippen LogP) is -2.16. The molecule has 0 aromatic rings. The summed E-state index contributed by atoms with van der Waals surface area (Å²) in [5.74, 6) is -3.78. The van der Waals surface area contributed by atoms with Crippen LogP contribution in [0, 0.1) is 0 Å². The molecule has 0 heterocycles. The van der Waals surface area contributed by atoms with Crippen molar-refractivity contribution in [2.75, 3.05) is 0 Å². The Balaban J connectivity index is 0. The molecule has 0 saturated carbocycles. The molecule has 9 nitrogen and oxygen atoms in total. The fourth-order valence-electron chi connectivity index (χ4n) is 0.427. The van der Waals surface area contributed by atoms with Crippen LogP contribution in [0.5, 0.6) is 0 Å². The maximum atomic E-state index is 9.73. The van der Waals surface area contributed by atoms with Gasteiger partial charge >= 0.3 is 17.9 Å². The van der Waals surface area contributed by atoms with Crippen LogP contribution >= 0.6 is 0 Å². The maximum Gasteiger partial charge on any atom is 0.328 e. The number of aliphatic carboxylic acids is 3. The van der Waals surface area contributed by atoms with E-state index in [0.717, 1.165) is 0 Å². The van der Waals surface area contributed by atoms with Crippen LogP contribution < -0.4 is 0 Å². The average molecular weight is 252 g/mol. The van der Waals surface area contributed by atoms with Crippen LogP contribution in [0.2, 0.25) is 0 Å². The molecule has 0 aromatic heterocycles. The molecule has 0 amide bonds. The van der Waals surface area contributed by atoms with Gasteiger partial charge in [0.2, 0.25) is 0 Å². The molecule has 0 aliphatic heterocycles. The minimum atomic E-state index is -1.97. The molecule has 1 atom stereocenters. The Kier molecular flexibility index (Phi) is 9.50. The first-order valence-electron chi connectivity index (χ1n) is 4.06. The normalized spacial score (nSPS) is 11.8. The summed E-state index contributed by atoms with van der Waals surface area (Å²) < 4.78 is 0. The molecule has 9 heteroatoms. The summed E-state index contributed by atoms with van der Waals surface area (Å²) in [6.45, 7) is 0. The Labute approximate surface area is 94.9 Å². The molecule has 0 spiro atoms. The van der Waals surface area contributed by atoms with Gasteiger partial charge in [0.05, 0.1) is 6.42 Å². The van der Waals surface area contributed by atoms with Gasteiger partial charge in [0.25, 0.3) is 0 Å². The Hall–Kier alpha value is -1.97. The maximum absolute atomic E-state index is 9.73. The highest BCUT2D eigenvalue weighted by molar-refractivity contribution is 5.89. The summed E-state index contributed by atoms with van der Waals surface area (Å²) in [6, 6.07) is 0. The van der Waals surface area contributed by atoms with Crippen molar-refractivity contribution >= 4 is 17.9 Å². The zero-order valence-corrected chi connectivity index (χ0v) is 8.42. The minimum absolute atomic E-state index is 0.558. The van der Waals surface area contributed by atoms with Crippen LogP contribution in [0.25, 0.3) is 0 Å². The van der Waals surface area contributed by atoms with E-state index < -0.39 is 36.7 Å². The van der Waals surface area contributed by atoms with E-state index in [1.165, 1.54) is 0 Å². The van der Waals surface area contributed by atoms with E-state index in [-0.39, 0.29) is 0 Å². The summed E-state index contributed by atoms with van der Waals surface area (Å²) in [4.78, 5) is 28.8. The number of hydrogen-bond acceptors (Lipinski definition) is 6. The molecule has 1 unspecified atom stereocenters. The molecule has 0 saturated heterocycles. The van der Waals surface area contributed by atoms with Gasteiger partial charge in [-0.25, -0.2) is 9.59 Å². The van der Waals surface area contributed by atoms with E-state index in [2.05, 4.69) is 0 Å². The van der Waals surface area contributed by atoms with Gasteiger partial charge in [0.15, 0.2) is 6.29 Å². The van der Waals surface area contributed by atoms with Gasteiger partial charge in [-0.1, -0.05) is 0 Å². The predicted molar refractivity (Wildman–Crippen MR) is 50.9 cm³/mol. The number of hydrogen-bond donors (Lipinski definition) is 6. The molecule has 0 aromatic carbocycles. The minimum Gasteiger partial charge on any atom is -0.481 e. The lowest BCUT2D eigenvalue weighted by Gasteiger charge is -2.08. The van der Waals surface area contributed by atoms with Crippen molar-refractivity contribution < 1.29 is 45.0 Å². The summed E-state index contributed by atoms with van der Waals surface area (Å²) in [7, 11) is 0. The molecule has 6 N–H and O–H groups in total. The van der Waals surface area contributed by atoms with Gasteiger partial charge in [-0.3, -0.25) is 4.79 Å². The highest BCUT2D eigenvalue weighted by atomic mass is 16.5. The van der Waals surface area contributed by atoms with Crippen molar-refractivity contribution in [3.05, 3.63) is 12.2 Å². The monoisotopic (exact) mass is 252 g/mol. The van der Waals surface area contributed by atoms with Crippen LogP contribution in [0.4, 0.5) is 0 Å². The van der Waals surface area contributed by atoms with Crippen molar-refractivity contribution in [1.82, 2.24) is 0 Å². The number of carbonyl (C=O) groups is 3. The Morgan fingerprint density at radius 3 is 1.35 bits per heavy atom. The van der Waals surface area contributed by atoms with Gasteiger partial charge in [-0.2, -0.15) is 0 Å². The molecule has 0 aliphatic carbocycles. The lowest BCUT2D eigenvalue weighted by molar-refractivity contribution is -0.153. The molecular weight excluding hydrogens is 240 g/mol. The fraction of sp³-hybridized carbons (Fsp3) is 0.375. The van der Waals surface area contributed by atoms with Gasteiger partial charge in [0, 0.05) is 12.2 Å². The molecule has 0 bridgehead atoms. The summed E-state index contributed by atoms with van der Waals surface area (Å²) >= 11 is 0. The van der Waals surface area contributed by atoms with Crippen LogP contribution in [0.15, 0.2) is 12.2 Å². The number of rotatable bonds is 5. The topological polar surface area (TPSA) is 173 Å². The highest BCUT2D eigenvalue weighted by Gasteiger charge is 2.15. The number of aliphatic hydroxyl groups excluding tert-OH is 2. The van der Waals surface area contributed by atoms with Crippen molar-refractivity contribution in [1.29, 1.82) is 0 Å². The van der Waals surface area contributed by atoms with Crippen molar-refractivity contribution in [3.63, 3.8) is 0 Å².